The Hall–Kier alpha value is -3.68. The van der Waals surface area contributed by atoms with Crippen LogP contribution >= 0.6 is 0 Å². The molecule has 2 aromatic carbocycles. The number of para-hydroxylation sites is 1. The number of hydrogen-bond donors (Lipinski definition) is 0. The van der Waals surface area contributed by atoms with Crippen LogP contribution in [0.4, 0.5) is 11.4 Å². The Morgan fingerprint density at radius 1 is 1.08 bits per heavy atom. The first-order chi connectivity index (χ1) is 17.5. The van der Waals surface area contributed by atoms with Crippen molar-refractivity contribution >= 4 is 25.7 Å². The predicted molar refractivity (Wildman–Crippen MR) is 152 cm³/mol. The standard InChI is InChI=1S/C32H31N3Si/c1-5-9-30-21(2)25-14-15-29-31(32(25)36(30,3)4)26-12-6-7-13-28(26)35(29)24-11-8-10-22(18-24)27-20-34-17-16-23(27)19-33/h5-18,20,23,27,29,31H,1-4H3/b9-5-/t23?,27-,29?,31?/m1/s1. The van der Waals surface area contributed by atoms with Crippen molar-refractivity contribution in [2.75, 3.05) is 4.90 Å². The Morgan fingerprint density at radius 3 is 2.72 bits per heavy atom. The van der Waals surface area contributed by atoms with Crippen LogP contribution in [0.1, 0.15) is 36.8 Å². The average Bonchev–Trinajstić information content (AvgIpc) is 3.33. The van der Waals surface area contributed by atoms with Gasteiger partial charge in [-0.15, -0.1) is 0 Å². The Kier molecular flexibility index (Phi) is 5.35. The minimum absolute atomic E-state index is 0.0267. The fourth-order valence-corrected chi connectivity index (χ4v) is 10.9. The summed E-state index contributed by atoms with van der Waals surface area (Å²) in [7, 11) is -1.82. The van der Waals surface area contributed by atoms with E-state index in [-0.39, 0.29) is 17.9 Å². The molecule has 0 spiro atoms. The van der Waals surface area contributed by atoms with Gasteiger partial charge in [-0.2, -0.15) is 5.26 Å². The normalized spacial score (nSPS) is 27.5. The molecule has 4 aliphatic rings. The second-order valence-corrected chi connectivity index (χ2v) is 15.0. The molecule has 6 rings (SSSR count). The maximum atomic E-state index is 9.71. The fourth-order valence-electron chi connectivity index (χ4n) is 6.86. The largest absolute Gasteiger partial charge is 0.333 e. The van der Waals surface area contributed by atoms with Gasteiger partial charge in [-0.3, -0.25) is 4.99 Å². The third-order valence-electron chi connectivity index (χ3n) is 8.42. The number of rotatable bonds is 3. The molecule has 0 bridgehead atoms. The molecule has 0 N–H and O–H groups in total. The number of hydrogen-bond acceptors (Lipinski definition) is 3. The summed E-state index contributed by atoms with van der Waals surface area (Å²) in [6.07, 6.45) is 14.9. The van der Waals surface area contributed by atoms with Gasteiger partial charge < -0.3 is 4.90 Å². The lowest BCUT2D eigenvalue weighted by Crippen LogP contribution is -2.39. The van der Waals surface area contributed by atoms with Crippen LogP contribution in [-0.2, 0) is 0 Å². The molecule has 3 nitrogen and oxygen atoms in total. The summed E-state index contributed by atoms with van der Waals surface area (Å²) in [5.41, 5.74) is 7.96. The molecule has 3 aliphatic heterocycles. The van der Waals surface area contributed by atoms with E-state index in [1.54, 1.807) is 16.6 Å². The van der Waals surface area contributed by atoms with Crippen LogP contribution in [0.3, 0.4) is 0 Å². The second-order valence-electron chi connectivity index (χ2n) is 10.7. The number of anilines is 2. The Labute approximate surface area is 215 Å². The molecule has 0 saturated carbocycles. The first-order valence-corrected chi connectivity index (χ1v) is 15.8. The molecule has 36 heavy (non-hydrogen) atoms. The number of fused-ring (bicyclic) bond motifs is 4. The maximum Gasteiger partial charge on any atom is 0.109 e. The zero-order chi connectivity index (χ0) is 25.0. The van der Waals surface area contributed by atoms with Crippen molar-refractivity contribution in [3.8, 4) is 6.07 Å². The highest BCUT2D eigenvalue weighted by Gasteiger charge is 2.50. The minimum atomic E-state index is -1.82. The lowest BCUT2D eigenvalue weighted by atomic mass is 9.85. The van der Waals surface area contributed by atoms with Crippen molar-refractivity contribution in [1.29, 1.82) is 5.26 Å². The maximum absolute atomic E-state index is 9.71. The van der Waals surface area contributed by atoms with E-state index in [1.807, 2.05) is 12.3 Å². The van der Waals surface area contributed by atoms with Gasteiger partial charge in [0.1, 0.15) is 8.07 Å². The molecule has 178 valence electrons. The molecular weight excluding hydrogens is 454 g/mol. The summed E-state index contributed by atoms with van der Waals surface area (Å²) in [6, 6.07) is 20.4. The summed E-state index contributed by atoms with van der Waals surface area (Å²) >= 11 is 0. The van der Waals surface area contributed by atoms with E-state index < -0.39 is 8.07 Å². The molecule has 1 aliphatic carbocycles. The lowest BCUT2D eigenvalue weighted by Gasteiger charge is -2.36. The average molecular weight is 486 g/mol. The molecule has 4 atom stereocenters. The quantitative estimate of drug-likeness (QED) is 0.418. The number of nitriles is 1. The fraction of sp³-hybridized carbons (Fsp3) is 0.250. The van der Waals surface area contributed by atoms with Gasteiger partial charge in [0.15, 0.2) is 0 Å². The van der Waals surface area contributed by atoms with Crippen LogP contribution in [0, 0.1) is 17.2 Å². The van der Waals surface area contributed by atoms with Gasteiger partial charge in [-0.05, 0) is 60.4 Å². The van der Waals surface area contributed by atoms with Gasteiger partial charge in [-0.25, -0.2) is 0 Å². The van der Waals surface area contributed by atoms with E-state index >= 15 is 0 Å². The molecule has 3 heterocycles. The van der Waals surface area contributed by atoms with Gasteiger partial charge in [0.2, 0.25) is 0 Å². The number of nitrogens with zero attached hydrogens (tertiary/aromatic N) is 3. The van der Waals surface area contributed by atoms with E-state index in [0.29, 0.717) is 5.92 Å². The topological polar surface area (TPSA) is 39.4 Å². The van der Waals surface area contributed by atoms with E-state index in [1.165, 1.54) is 28.1 Å². The Bertz CT molecular complexity index is 1480. The van der Waals surface area contributed by atoms with E-state index in [9.17, 15) is 5.26 Å². The molecule has 0 fully saturated rings. The highest BCUT2D eigenvalue weighted by Crippen LogP contribution is 2.57. The Balaban J connectivity index is 1.46. The van der Waals surface area contributed by atoms with Crippen molar-refractivity contribution < 1.29 is 0 Å². The van der Waals surface area contributed by atoms with Crippen molar-refractivity contribution in [1.82, 2.24) is 0 Å². The van der Waals surface area contributed by atoms with Gasteiger partial charge in [-0.1, -0.05) is 78.1 Å². The molecule has 3 unspecified atom stereocenters. The monoisotopic (exact) mass is 485 g/mol. The SMILES string of the molecule is C/C=C\C1=C(C)C2=C(C3c4ccccc4N(c4cccc([C@H]5C=NC=CC5C#N)c4)C3C=C2)[Si]1(C)C. The van der Waals surface area contributed by atoms with Gasteiger partial charge in [0, 0.05) is 35.6 Å². The van der Waals surface area contributed by atoms with E-state index in [0.717, 1.165) is 5.56 Å². The summed E-state index contributed by atoms with van der Waals surface area (Å²) < 4.78 is 0. The minimum Gasteiger partial charge on any atom is -0.333 e. The number of aliphatic imine (C=N–C) groups is 1. The molecule has 0 saturated heterocycles. The van der Waals surface area contributed by atoms with Gasteiger partial charge in [0.05, 0.1) is 18.0 Å². The van der Waals surface area contributed by atoms with Crippen LogP contribution < -0.4 is 4.90 Å². The zero-order valence-corrected chi connectivity index (χ0v) is 22.3. The van der Waals surface area contributed by atoms with Crippen LogP contribution in [0.5, 0.6) is 0 Å². The summed E-state index contributed by atoms with van der Waals surface area (Å²) in [4.78, 5) is 6.87. The summed E-state index contributed by atoms with van der Waals surface area (Å²) in [5, 5.41) is 12.9. The van der Waals surface area contributed by atoms with Crippen molar-refractivity contribution in [2.24, 2.45) is 10.9 Å². The van der Waals surface area contributed by atoms with Gasteiger partial charge in [0.25, 0.3) is 0 Å². The number of allylic oxidation sites excluding steroid dienone is 7. The molecular formula is C32H31N3Si. The highest BCUT2D eigenvalue weighted by molar-refractivity contribution is 6.92. The smallest absolute Gasteiger partial charge is 0.109 e. The van der Waals surface area contributed by atoms with Crippen LogP contribution in [0.25, 0.3) is 0 Å². The van der Waals surface area contributed by atoms with E-state index in [2.05, 4.69) is 116 Å². The van der Waals surface area contributed by atoms with Crippen molar-refractivity contribution in [3.05, 3.63) is 118 Å². The lowest BCUT2D eigenvalue weighted by molar-refractivity contribution is 0.723. The molecule has 0 radical (unpaired) electrons. The first kappa shape index (κ1) is 22.8. The van der Waals surface area contributed by atoms with Crippen LogP contribution in [0.2, 0.25) is 13.1 Å². The van der Waals surface area contributed by atoms with Crippen LogP contribution in [0.15, 0.2) is 112 Å². The van der Waals surface area contributed by atoms with Gasteiger partial charge >= 0.3 is 0 Å². The molecule has 0 amide bonds. The van der Waals surface area contributed by atoms with Crippen molar-refractivity contribution in [2.45, 2.75) is 44.8 Å². The Morgan fingerprint density at radius 2 is 1.92 bits per heavy atom. The zero-order valence-electron chi connectivity index (χ0n) is 21.3. The van der Waals surface area contributed by atoms with E-state index in [4.69, 9.17) is 0 Å². The highest BCUT2D eigenvalue weighted by atomic mass is 28.3. The van der Waals surface area contributed by atoms with Crippen LogP contribution in [-0.4, -0.2) is 20.3 Å². The summed E-state index contributed by atoms with van der Waals surface area (Å²) in [5.74, 6) is 0.138. The number of benzene rings is 2. The third kappa shape index (κ3) is 3.19. The molecule has 0 aromatic heterocycles. The third-order valence-corrected chi connectivity index (χ3v) is 12.2. The second kappa shape index (κ2) is 8.46. The first-order valence-electron chi connectivity index (χ1n) is 12.8. The predicted octanol–water partition coefficient (Wildman–Crippen LogP) is 7.67. The van der Waals surface area contributed by atoms with Crippen molar-refractivity contribution in [3.63, 3.8) is 0 Å². The molecule has 4 heteroatoms. The summed E-state index contributed by atoms with van der Waals surface area (Å²) in [6.45, 7) is 9.48. The molecule has 2 aromatic rings.